The summed E-state index contributed by atoms with van der Waals surface area (Å²) in [7, 11) is 3.36. The number of rotatable bonds is 3. The molecule has 0 aromatic heterocycles. The van der Waals surface area contributed by atoms with E-state index in [1.807, 2.05) is 13.8 Å². The molecule has 0 radical (unpaired) electrons. The van der Waals surface area contributed by atoms with Crippen molar-refractivity contribution in [3.8, 4) is 0 Å². The van der Waals surface area contributed by atoms with Gasteiger partial charge >= 0.3 is 5.97 Å². The fraction of sp³-hybridized carbons (Fsp3) is 0.625. The van der Waals surface area contributed by atoms with Gasteiger partial charge in [0, 0.05) is 19.7 Å². The Bertz CT molecular complexity index is 161. The molecular weight excluding hydrogens is 142 g/mol. The molecule has 64 valence electrons. The van der Waals surface area contributed by atoms with Crippen molar-refractivity contribution < 1.29 is 9.63 Å². The molecule has 0 N–H and O–H groups in total. The van der Waals surface area contributed by atoms with Crippen LogP contribution >= 0.6 is 0 Å². The minimum absolute atomic E-state index is 0.264. The Labute approximate surface area is 67.6 Å². The predicted octanol–water partition coefficient (Wildman–Crippen LogP) is 1.36. The Kier molecular flexibility index (Phi) is 4.54. The van der Waals surface area contributed by atoms with E-state index in [1.165, 1.54) is 5.06 Å². The van der Waals surface area contributed by atoms with Gasteiger partial charge in [0.25, 0.3) is 0 Å². The van der Waals surface area contributed by atoms with Gasteiger partial charge in [-0.15, -0.1) is 5.06 Å². The fourth-order valence-electron chi connectivity index (χ4n) is 0.691. The Morgan fingerprint density at radius 1 is 1.55 bits per heavy atom. The summed E-state index contributed by atoms with van der Waals surface area (Å²) in [6, 6.07) is 0. The highest BCUT2D eigenvalue weighted by Gasteiger charge is 2.08. The SMILES string of the molecule is C/C=C(\CC)C(=O)ON(C)C. The molecule has 0 aliphatic heterocycles. The second-order valence-corrected chi connectivity index (χ2v) is 2.36. The van der Waals surface area contributed by atoms with Crippen molar-refractivity contribution in [1.29, 1.82) is 0 Å². The summed E-state index contributed by atoms with van der Waals surface area (Å²) in [4.78, 5) is 15.9. The molecular formula is C8H15NO2. The maximum Gasteiger partial charge on any atom is 0.352 e. The molecule has 0 aromatic rings. The lowest BCUT2D eigenvalue weighted by molar-refractivity contribution is -0.173. The standard InChI is InChI=1S/C8H15NO2/c1-5-7(6-2)8(10)11-9(3)4/h5H,6H2,1-4H3/b7-5+. The van der Waals surface area contributed by atoms with E-state index in [2.05, 4.69) is 0 Å². The molecule has 0 saturated heterocycles. The number of hydroxylamine groups is 2. The second kappa shape index (κ2) is 4.91. The summed E-state index contributed by atoms with van der Waals surface area (Å²) in [6.07, 6.45) is 2.48. The van der Waals surface area contributed by atoms with Gasteiger partial charge < -0.3 is 4.84 Å². The van der Waals surface area contributed by atoms with Crippen LogP contribution in [0.4, 0.5) is 0 Å². The number of nitrogens with zero attached hydrogens (tertiary/aromatic N) is 1. The molecule has 0 bridgehead atoms. The summed E-state index contributed by atoms with van der Waals surface area (Å²) in [5, 5.41) is 1.39. The van der Waals surface area contributed by atoms with Crippen molar-refractivity contribution >= 4 is 5.97 Å². The topological polar surface area (TPSA) is 29.5 Å². The van der Waals surface area contributed by atoms with Gasteiger partial charge in [0.05, 0.1) is 0 Å². The molecule has 0 saturated carbocycles. The van der Waals surface area contributed by atoms with Crippen LogP contribution in [0.15, 0.2) is 11.6 Å². The smallest absolute Gasteiger partial charge is 0.352 e. The highest BCUT2D eigenvalue weighted by molar-refractivity contribution is 5.87. The van der Waals surface area contributed by atoms with Crippen molar-refractivity contribution in [2.75, 3.05) is 14.1 Å². The number of carbonyl (C=O) groups excluding carboxylic acids is 1. The van der Waals surface area contributed by atoms with Gasteiger partial charge in [0.1, 0.15) is 0 Å². The maximum atomic E-state index is 11.1. The predicted molar refractivity (Wildman–Crippen MR) is 43.8 cm³/mol. The minimum Gasteiger partial charge on any atom is -0.365 e. The van der Waals surface area contributed by atoms with Gasteiger partial charge in [-0.25, -0.2) is 4.79 Å². The van der Waals surface area contributed by atoms with E-state index in [0.29, 0.717) is 12.0 Å². The third kappa shape index (κ3) is 3.78. The lowest BCUT2D eigenvalue weighted by atomic mass is 10.2. The minimum atomic E-state index is -0.264. The van der Waals surface area contributed by atoms with E-state index in [9.17, 15) is 4.79 Å². The molecule has 0 rings (SSSR count). The highest BCUT2D eigenvalue weighted by Crippen LogP contribution is 2.02. The maximum absolute atomic E-state index is 11.1. The van der Waals surface area contributed by atoms with E-state index < -0.39 is 0 Å². The second-order valence-electron chi connectivity index (χ2n) is 2.36. The van der Waals surface area contributed by atoms with Crippen LogP contribution in [0.25, 0.3) is 0 Å². The van der Waals surface area contributed by atoms with Gasteiger partial charge in [-0.1, -0.05) is 13.0 Å². The quantitative estimate of drug-likeness (QED) is 0.457. The first-order valence-corrected chi connectivity index (χ1v) is 3.66. The van der Waals surface area contributed by atoms with Gasteiger partial charge in [0.2, 0.25) is 0 Å². The van der Waals surface area contributed by atoms with Crippen LogP contribution in [0.2, 0.25) is 0 Å². The summed E-state index contributed by atoms with van der Waals surface area (Å²) in [6.45, 7) is 3.75. The first-order valence-electron chi connectivity index (χ1n) is 3.66. The van der Waals surface area contributed by atoms with Crippen molar-refractivity contribution in [3.05, 3.63) is 11.6 Å². The van der Waals surface area contributed by atoms with E-state index in [1.54, 1.807) is 20.2 Å². The molecule has 0 aliphatic carbocycles. The van der Waals surface area contributed by atoms with Crippen LogP contribution in [0.5, 0.6) is 0 Å². The molecule has 0 heterocycles. The third-order valence-corrected chi connectivity index (χ3v) is 1.26. The average Bonchev–Trinajstić information content (AvgIpc) is 1.88. The first kappa shape index (κ1) is 10.2. The normalized spacial score (nSPS) is 11.9. The van der Waals surface area contributed by atoms with Crippen LogP contribution in [0.3, 0.4) is 0 Å². The average molecular weight is 157 g/mol. The van der Waals surface area contributed by atoms with E-state index in [0.717, 1.165) is 0 Å². The van der Waals surface area contributed by atoms with Crippen molar-refractivity contribution in [1.82, 2.24) is 5.06 Å². The van der Waals surface area contributed by atoms with Gasteiger partial charge in [-0.05, 0) is 13.3 Å². The number of hydrogen-bond acceptors (Lipinski definition) is 3. The Morgan fingerprint density at radius 3 is 2.36 bits per heavy atom. The molecule has 0 atom stereocenters. The van der Waals surface area contributed by atoms with Crippen LogP contribution in [0.1, 0.15) is 20.3 Å². The number of hydrogen-bond donors (Lipinski definition) is 0. The highest BCUT2D eigenvalue weighted by atomic mass is 16.7. The van der Waals surface area contributed by atoms with Crippen LogP contribution in [-0.2, 0) is 9.63 Å². The molecule has 0 aliphatic rings. The summed E-state index contributed by atoms with van der Waals surface area (Å²) >= 11 is 0. The van der Waals surface area contributed by atoms with Crippen molar-refractivity contribution in [3.63, 3.8) is 0 Å². The van der Waals surface area contributed by atoms with E-state index >= 15 is 0 Å². The molecule has 3 heteroatoms. The molecule has 0 fully saturated rings. The third-order valence-electron chi connectivity index (χ3n) is 1.26. The number of carbonyl (C=O) groups is 1. The molecule has 0 unspecified atom stereocenters. The Balaban J connectivity index is 4.02. The van der Waals surface area contributed by atoms with E-state index in [4.69, 9.17) is 4.84 Å². The van der Waals surface area contributed by atoms with Gasteiger partial charge in [-0.3, -0.25) is 0 Å². The van der Waals surface area contributed by atoms with E-state index in [-0.39, 0.29) is 5.97 Å². The van der Waals surface area contributed by atoms with Crippen LogP contribution in [0, 0.1) is 0 Å². The van der Waals surface area contributed by atoms with Crippen LogP contribution in [-0.4, -0.2) is 25.1 Å². The zero-order chi connectivity index (χ0) is 8.85. The largest absolute Gasteiger partial charge is 0.365 e. The first-order chi connectivity index (χ1) is 5.11. The molecule has 0 amide bonds. The lowest BCUT2D eigenvalue weighted by Gasteiger charge is -2.10. The monoisotopic (exact) mass is 157 g/mol. The molecule has 0 spiro atoms. The summed E-state index contributed by atoms with van der Waals surface area (Å²) in [5.74, 6) is -0.264. The fourth-order valence-corrected chi connectivity index (χ4v) is 0.691. The number of allylic oxidation sites excluding steroid dienone is 1. The van der Waals surface area contributed by atoms with Crippen molar-refractivity contribution in [2.24, 2.45) is 0 Å². The van der Waals surface area contributed by atoms with Gasteiger partial charge in [-0.2, -0.15) is 0 Å². The molecule has 0 aromatic carbocycles. The summed E-state index contributed by atoms with van der Waals surface area (Å²) in [5.41, 5.74) is 0.707. The Morgan fingerprint density at radius 2 is 2.09 bits per heavy atom. The Hall–Kier alpha value is -0.830. The zero-order valence-corrected chi connectivity index (χ0v) is 7.55. The lowest BCUT2D eigenvalue weighted by Crippen LogP contribution is -2.19. The molecule has 11 heavy (non-hydrogen) atoms. The summed E-state index contributed by atoms with van der Waals surface area (Å²) < 4.78 is 0. The molecule has 3 nitrogen and oxygen atoms in total. The zero-order valence-electron chi connectivity index (χ0n) is 7.55. The van der Waals surface area contributed by atoms with Gasteiger partial charge in [0.15, 0.2) is 0 Å². The van der Waals surface area contributed by atoms with Crippen LogP contribution < -0.4 is 0 Å². The van der Waals surface area contributed by atoms with Crippen molar-refractivity contribution in [2.45, 2.75) is 20.3 Å².